The predicted octanol–water partition coefficient (Wildman–Crippen LogP) is 7.51. The molecule has 1 fully saturated rings. The molecule has 5 aromatic rings. The standard InChI is InChI=1S/C35H41N7O3/c1-21-17-36-32(37-24-16-35(7,8)20-41(18-24)33(43)44-34(4,5)6)39-30(21)27-19-42(25-12-10-9-11-13-25)31-26(27)14-15-28(38-31)29-22(2)40-45-23(29)3/h9-15,17,19,24H,16,18,20H2,1-8H3,(H,36,37,39)/t24-/m0/s1. The second-order valence-electron chi connectivity index (χ2n) is 13.8. The Morgan fingerprint density at radius 1 is 1.07 bits per heavy atom. The first-order valence-electron chi connectivity index (χ1n) is 15.4. The molecular weight excluding hydrogens is 566 g/mol. The van der Waals surface area contributed by atoms with Crippen LogP contribution in [-0.2, 0) is 4.74 Å². The molecule has 1 N–H and O–H groups in total. The van der Waals surface area contributed by atoms with Gasteiger partial charge >= 0.3 is 6.09 Å². The summed E-state index contributed by atoms with van der Waals surface area (Å²) < 4.78 is 13.2. The van der Waals surface area contributed by atoms with Gasteiger partial charge in [-0.3, -0.25) is 0 Å². The Morgan fingerprint density at radius 2 is 1.82 bits per heavy atom. The lowest BCUT2D eigenvalue weighted by Crippen LogP contribution is -2.53. The molecule has 1 aliphatic rings. The first-order chi connectivity index (χ1) is 21.3. The fourth-order valence-electron chi connectivity index (χ4n) is 6.24. The molecule has 1 aliphatic heterocycles. The Labute approximate surface area is 263 Å². The van der Waals surface area contributed by atoms with Gasteiger partial charge in [0.1, 0.15) is 17.0 Å². The van der Waals surface area contributed by atoms with E-state index in [1.54, 1.807) is 4.90 Å². The molecule has 0 radical (unpaired) electrons. The van der Waals surface area contributed by atoms with E-state index in [-0.39, 0.29) is 17.6 Å². The maximum absolute atomic E-state index is 13.0. The lowest BCUT2D eigenvalue weighted by Gasteiger charge is -2.42. The fourth-order valence-corrected chi connectivity index (χ4v) is 6.24. The van der Waals surface area contributed by atoms with Crippen molar-refractivity contribution in [1.29, 1.82) is 0 Å². The van der Waals surface area contributed by atoms with Crippen LogP contribution in [0.4, 0.5) is 10.7 Å². The maximum atomic E-state index is 13.0. The van der Waals surface area contributed by atoms with Crippen molar-refractivity contribution >= 4 is 23.1 Å². The lowest BCUT2D eigenvalue weighted by atomic mass is 9.82. The number of ether oxygens (including phenoxy) is 1. The van der Waals surface area contributed by atoms with E-state index in [0.717, 1.165) is 62.7 Å². The van der Waals surface area contributed by atoms with Gasteiger partial charge in [0.2, 0.25) is 5.95 Å². The molecule has 0 spiro atoms. The van der Waals surface area contributed by atoms with Crippen LogP contribution in [0.3, 0.4) is 0 Å². The SMILES string of the molecule is Cc1cnc(N[C@@H]2CN(C(=O)OC(C)(C)C)CC(C)(C)C2)nc1-c1cn(-c2ccccc2)c2nc(-c3c(C)noc3C)ccc12. The minimum absolute atomic E-state index is 0.0400. The minimum Gasteiger partial charge on any atom is -0.444 e. The summed E-state index contributed by atoms with van der Waals surface area (Å²) in [5.41, 5.74) is 6.37. The number of aryl methyl sites for hydroxylation is 3. The van der Waals surface area contributed by atoms with Crippen molar-refractivity contribution in [3.8, 4) is 28.2 Å². The molecule has 0 bridgehead atoms. The molecular formula is C35H41N7O3. The van der Waals surface area contributed by atoms with Crippen molar-refractivity contribution in [2.75, 3.05) is 18.4 Å². The summed E-state index contributed by atoms with van der Waals surface area (Å²) in [6, 6.07) is 14.2. The Kier molecular flexibility index (Phi) is 7.62. The molecule has 0 aliphatic carbocycles. The average Bonchev–Trinajstić information content (AvgIpc) is 3.51. The van der Waals surface area contributed by atoms with Crippen LogP contribution in [0.5, 0.6) is 0 Å². The predicted molar refractivity (Wildman–Crippen MR) is 175 cm³/mol. The summed E-state index contributed by atoms with van der Waals surface area (Å²) in [5, 5.41) is 8.65. The second kappa shape index (κ2) is 11.3. The number of likely N-dealkylation sites (tertiary alicyclic amines) is 1. The highest BCUT2D eigenvalue weighted by molar-refractivity contribution is 5.96. The summed E-state index contributed by atoms with van der Waals surface area (Å²) in [6.07, 6.45) is 4.50. The zero-order chi connectivity index (χ0) is 32.1. The first-order valence-corrected chi connectivity index (χ1v) is 15.4. The quantitative estimate of drug-likeness (QED) is 0.219. The molecule has 1 aromatic carbocycles. The number of para-hydroxylation sites is 1. The summed E-state index contributed by atoms with van der Waals surface area (Å²) >= 11 is 0. The number of anilines is 1. The molecule has 0 unspecified atom stereocenters. The first kappa shape index (κ1) is 30.3. The van der Waals surface area contributed by atoms with E-state index in [9.17, 15) is 4.79 Å². The number of nitrogens with one attached hydrogen (secondary N) is 1. The van der Waals surface area contributed by atoms with Crippen molar-refractivity contribution < 1.29 is 14.1 Å². The van der Waals surface area contributed by atoms with Crippen molar-refractivity contribution in [2.24, 2.45) is 5.41 Å². The Morgan fingerprint density at radius 3 is 2.51 bits per heavy atom. The van der Waals surface area contributed by atoms with E-state index in [4.69, 9.17) is 19.2 Å². The van der Waals surface area contributed by atoms with Crippen molar-refractivity contribution in [2.45, 2.75) is 73.5 Å². The molecule has 1 saturated heterocycles. The Hall–Kier alpha value is -4.73. The number of aromatic nitrogens is 5. The topological polar surface area (TPSA) is 111 Å². The van der Waals surface area contributed by atoms with Crippen LogP contribution in [0.25, 0.3) is 39.2 Å². The number of nitrogens with zero attached hydrogens (tertiary/aromatic N) is 6. The van der Waals surface area contributed by atoms with Crippen LogP contribution in [0.2, 0.25) is 0 Å². The van der Waals surface area contributed by atoms with Gasteiger partial charge in [0.15, 0.2) is 0 Å². The number of piperidine rings is 1. The van der Waals surface area contributed by atoms with Crippen molar-refractivity contribution in [1.82, 2.24) is 29.6 Å². The van der Waals surface area contributed by atoms with E-state index in [0.29, 0.717) is 19.0 Å². The molecule has 0 saturated carbocycles. The van der Waals surface area contributed by atoms with Crippen molar-refractivity contribution in [3.05, 3.63) is 71.9 Å². The highest BCUT2D eigenvalue weighted by atomic mass is 16.6. The molecule has 6 rings (SSSR count). The summed E-state index contributed by atoms with van der Waals surface area (Å²) in [5.74, 6) is 1.25. The number of benzene rings is 1. The van der Waals surface area contributed by atoms with Crippen LogP contribution in [0.1, 0.15) is 58.1 Å². The number of fused-ring (bicyclic) bond motifs is 1. The van der Waals surface area contributed by atoms with Crippen LogP contribution < -0.4 is 5.32 Å². The normalized spacial score (nSPS) is 16.6. The van der Waals surface area contributed by atoms with Crippen LogP contribution in [0.15, 0.2) is 59.4 Å². The summed E-state index contributed by atoms with van der Waals surface area (Å²) in [4.78, 5) is 29.6. The second-order valence-corrected chi connectivity index (χ2v) is 13.8. The van der Waals surface area contributed by atoms with Gasteiger partial charge in [0.25, 0.3) is 0 Å². The molecule has 4 aromatic heterocycles. The largest absolute Gasteiger partial charge is 0.444 e. The van der Waals surface area contributed by atoms with Gasteiger partial charge in [0, 0.05) is 48.2 Å². The number of hydrogen-bond donors (Lipinski definition) is 1. The number of amides is 1. The Bertz CT molecular complexity index is 1850. The number of carbonyl (C=O) groups is 1. The summed E-state index contributed by atoms with van der Waals surface area (Å²) in [6.45, 7) is 17.0. The third kappa shape index (κ3) is 6.27. The molecule has 5 heterocycles. The number of hydrogen-bond acceptors (Lipinski definition) is 8. The summed E-state index contributed by atoms with van der Waals surface area (Å²) in [7, 11) is 0. The number of pyridine rings is 1. The van der Waals surface area contributed by atoms with Gasteiger partial charge in [0.05, 0.1) is 22.6 Å². The van der Waals surface area contributed by atoms with E-state index in [1.165, 1.54) is 0 Å². The van der Waals surface area contributed by atoms with Crippen molar-refractivity contribution in [3.63, 3.8) is 0 Å². The highest BCUT2D eigenvalue weighted by Crippen LogP contribution is 2.36. The number of rotatable bonds is 5. The highest BCUT2D eigenvalue weighted by Gasteiger charge is 2.37. The van der Waals surface area contributed by atoms with E-state index in [1.807, 2.05) is 72.0 Å². The zero-order valence-corrected chi connectivity index (χ0v) is 27.3. The molecule has 10 nitrogen and oxygen atoms in total. The van der Waals surface area contributed by atoms with Gasteiger partial charge in [-0.15, -0.1) is 0 Å². The third-order valence-corrected chi connectivity index (χ3v) is 8.05. The molecule has 10 heteroatoms. The van der Waals surface area contributed by atoms with Gasteiger partial charge in [-0.25, -0.2) is 19.7 Å². The fraction of sp³-hybridized carbons (Fsp3) is 0.400. The minimum atomic E-state index is -0.557. The average molecular weight is 608 g/mol. The monoisotopic (exact) mass is 607 g/mol. The zero-order valence-electron chi connectivity index (χ0n) is 27.3. The van der Waals surface area contributed by atoms with E-state index >= 15 is 0 Å². The third-order valence-electron chi connectivity index (χ3n) is 8.05. The van der Waals surface area contributed by atoms with Gasteiger partial charge in [-0.2, -0.15) is 0 Å². The molecule has 45 heavy (non-hydrogen) atoms. The van der Waals surface area contributed by atoms with Gasteiger partial charge in [-0.05, 0) is 83.2 Å². The van der Waals surface area contributed by atoms with Crippen LogP contribution >= 0.6 is 0 Å². The van der Waals surface area contributed by atoms with Gasteiger partial charge in [-0.1, -0.05) is 37.2 Å². The van der Waals surface area contributed by atoms with Crippen LogP contribution in [0, 0.1) is 26.2 Å². The maximum Gasteiger partial charge on any atom is 0.410 e. The molecule has 234 valence electrons. The van der Waals surface area contributed by atoms with E-state index in [2.05, 4.69) is 58.3 Å². The Balaban J connectivity index is 1.38. The smallest absolute Gasteiger partial charge is 0.410 e. The van der Waals surface area contributed by atoms with Gasteiger partial charge < -0.3 is 24.0 Å². The molecule has 1 atom stereocenters. The lowest BCUT2D eigenvalue weighted by molar-refractivity contribution is 0.00710. The van der Waals surface area contributed by atoms with Crippen LogP contribution in [-0.4, -0.2) is 60.4 Å². The van der Waals surface area contributed by atoms with E-state index < -0.39 is 5.60 Å². The molecule has 1 amide bonds. The number of carbonyl (C=O) groups excluding carboxylic acids is 1.